The van der Waals surface area contributed by atoms with Crippen molar-refractivity contribution in [2.24, 2.45) is 0 Å². The summed E-state index contributed by atoms with van der Waals surface area (Å²) in [6.07, 6.45) is -3.27. The van der Waals surface area contributed by atoms with E-state index in [9.17, 15) is 22.4 Å². The van der Waals surface area contributed by atoms with Gasteiger partial charge in [0.1, 0.15) is 11.7 Å². The maximum Gasteiger partial charge on any atom is 0.417 e. The number of hydrogen-bond acceptors (Lipinski definition) is 5. The van der Waals surface area contributed by atoms with Crippen LogP contribution < -0.4 is 0 Å². The van der Waals surface area contributed by atoms with Crippen LogP contribution in [0.15, 0.2) is 36.5 Å². The summed E-state index contributed by atoms with van der Waals surface area (Å²) in [6, 6.07) is 4.65. The van der Waals surface area contributed by atoms with Crippen LogP contribution in [0, 0.1) is 5.82 Å². The number of rotatable bonds is 2. The van der Waals surface area contributed by atoms with Gasteiger partial charge in [-0.25, -0.2) is 9.37 Å². The molecule has 1 fully saturated rings. The van der Waals surface area contributed by atoms with E-state index < -0.39 is 40.6 Å². The van der Waals surface area contributed by atoms with Crippen LogP contribution in [0.5, 0.6) is 0 Å². The van der Waals surface area contributed by atoms with Crippen LogP contribution in [-0.2, 0) is 17.5 Å². The molecule has 1 aromatic carbocycles. The zero-order valence-electron chi connectivity index (χ0n) is 16.2. The molecule has 2 aliphatic heterocycles. The topological polar surface area (TPSA) is 73.1 Å². The van der Waals surface area contributed by atoms with Gasteiger partial charge in [0.05, 0.1) is 35.4 Å². The van der Waals surface area contributed by atoms with Gasteiger partial charge in [-0.15, -0.1) is 10.2 Å². The molecule has 5 rings (SSSR count). The predicted molar refractivity (Wildman–Crippen MR) is 103 cm³/mol. The van der Waals surface area contributed by atoms with E-state index in [0.29, 0.717) is 5.82 Å². The van der Waals surface area contributed by atoms with Crippen molar-refractivity contribution in [2.45, 2.75) is 24.8 Å². The summed E-state index contributed by atoms with van der Waals surface area (Å²) in [5, 5.41) is 7.52. The summed E-state index contributed by atoms with van der Waals surface area (Å²) in [7, 11) is 0. The Morgan fingerprint density at radius 1 is 1.16 bits per heavy atom. The zero-order valence-corrected chi connectivity index (χ0v) is 16.9. The number of carbonyl (C=O) groups is 1. The lowest BCUT2D eigenvalue weighted by Crippen LogP contribution is -2.56. The average Bonchev–Trinajstić information content (AvgIpc) is 3.16. The molecule has 2 aliphatic rings. The summed E-state index contributed by atoms with van der Waals surface area (Å²) < 4.78 is 61.3. The minimum atomic E-state index is -4.70. The van der Waals surface area contributed by atoms with E-state index in [1.165, 1.54) is 29.3 Å². The van der Waals surface area contributed by atoms with Gasteiger partial charge >= 0.3 is 6.18 Å². The average molecular weight is 468 g/mol. The van der Waals surface area contributed by atoms with Crippen molar-refractivity contribution in [3.8, 4) is 11.5 Å². The molecule has 0 saturated carbocycles. The predicted octanol–water partition coefficient (Wildman–Crippen LogP) is 3.75. The van der Waals surface area contributed by atoms with E-state index in [-0.39, 0.29) is 36.8 Å². The first kappa shape index (κ1) is 20.8. The van der Waals surface area contributed by atoms with Crippen molar-refractivity contribution in [1.82, 2.24) is 24.6 Å². The first-order valence-corrected chi connectivity index (χ1v) is 9.95. The Morgan fingerprint density at radius 3 is 2.72 bits per heavy atom. The second kappa shape index (κ2) is 7.52. The Balaban J connectivity index is 1.56. The van der Waals surface area contributed by atoms with E-state index in [2.05, 4.69) is 15.2 Å². The van der Waals surface area contributed by atoms with Crippen LogP contribution in [0.25, 0.3) is 11.5 Å². The van der Waals surface area contributed by atoms with Crippen LogP contribution in [0.4, 0.5) is 17.6 Å². The van der Waals surface area contributed by atoms with Gasteiger partial charge in [-0.2, -0.15) is 13.2 Å². The largest absolute Gasteiger partial charge is 0.417 e. The van der Waals surface area contributed by atoms with Crippen molar-refractivity contribution in [3.63, 3.8) is 0 Å². The van der Waals surface area contributed by atoms with Crippen molar-refractivity contribution in [1.29, 1.82) is 0 Å². The van der Waals surface area contributed by atoms with Gasteiger partial charge in [-0.1, -0.05) is 17.7 Å². The van der Waals surface area contributed by atoms with E-state index in [4.69, 9.17) is 16.3 Å². The highest BCUT2D eigenvalue weighted by atomic mass is 35.5. The molecule has 4 heterocycles. The third kappa shape index (κ3) is 3.23. The quantitative estimate of drug-likeness (QED) is 0.537. The number of halogens is 5. The van der Waals surface area contributed by atoms with E-state index >= 15 is 0 Å². The molecular formula is C20H14ClF4N5O2. The molecule has 0 spiro atoms. The van der Waals surface area contributed by atoms with Crippen molar-refractivity contribution < 1.29 is 27.1 Å². The van der Waals surface area contributed by atoms with Crippen LogP contribution in [-0.4, -0.2) is 49.8 Å². The lowest BCUT2D eigenvalue weighted by atomic mass is 10.0. The normalized spacial score (nSPS) is 20.2. The number of amides is 1. The number of carbonyl (C=O) groups excluding carboxylic acids is 1. The van der Waals surface area contributed by atoms with Gasteiger partial charge < -0.3 is 14.2 Å². The summed E-state index contributed by atoms with van der Waals surface area (Å²) in [5.41, 5.74) is -1.33. The molecule has 12 heteroatoms. The number of hydrogen-bond donors (Lipinski definition) is 0. The summed E-state index contributed by atoms with van der Waals surface area (Å²) in [6.45, 7) is 0.356. The summed E-state index contributed by atoms with van der Waals surface area (Å²) in [4.78, 5) is 18.8. The number of benzene rings is 1. The van der Waals surface area contributed by atoms with E-state index in [0.717, 1.165) is 12.1 Å². The molecule has 1 saturated heterocycles. The maximum atomic E-state index is 14.3. The van der Waals surface area contributed by atoms with Gasteiger partial charge in [0.15, 0.2) is 17.5 Å². The Bertz CT molecular complexity index is 1210. The van der Waals surface area contributed by atoms with Crippen molar-refractivity contribution in [2.75, 3.05) is 13.2 Å². The van der Waals surface area contributed by atoms with Crippen LogP contribution in [0.2, 0.25) is 5.02 Å². The highest BCUT2D eigenvalue weighted by Crippen LogP contribution is 2.40. The molecule has 166 valence electrons. The molecule has 2 atom stereocenters. The smallest absolute Gasteiger partial charge is 0.377 e. The minimum absolute atomic E-state index is 0.0194. The molecule has 2 bridgehead atoms. The number of ether oxygens (including phenoxy) is 1. The fourth-order valence-electron chi connectivity index (χ4n) is 4.11. The highest BCUT2D eigenvalue weighted by Gasteiger charge is 2.45. The molecule has 2 aromatic heterocycles. The first-order valence-electron chi connectivity index (χ1n) is 9.57. The van der Waals surface area contributed by atoms with Crippen LogP contribution in [0.1, 0.15) is 27.8 Å². The number of aromatic nitrogens is 4. The Hall–Kier alpha value is -3.05. The molecular weight excluding hydrogens is 454 g/mol. The van der Waals surface area contributed by atoms with Gasteiger partial charge in [0.2, 0.25) is 0 Å². The lowest BCUT2D eigenvalue weighted by Gasteiger charge is -2.45. The third-order valence-corrected chi connectivity index (χ3v) is 5.93. The number of pyridine rings is 1. The fraction of sp³-hybridized carbons (Fsp3) is 0.300. The molecule has 0 radical (unpaired) electrons. The second-order valence-corrected chi connectivity index (χ2v) is 7.79. The summed E-state index contributed by atoms with van der Waals surface area (Å²) in [5.74, 6) is -0.700. The molecule has 1 amide bonds. The van der Waals surface area contributed by atoms with Gasteiger partial charge in [-0.05, 0) is 24.3 Å². The lowest BCUT2D eigenvalue weighted by molar-refractivity contribution is -0.137. The zero-order chi connectivity index (χ0) is 22.6. The Labute approximate surface area is 183 Å². The van der Waals surface area contributed by atoms with E-state index in [1.54, 1.807) is 4.57 Å². The van der Waals surface area contributed by atoms with Gasteiger partial charge in [0.25, 0.3) is 5.91 Å². The number of nitrogens with zero attached hydrogens (tertiary/aromatic N) is 5. The fourth-order valence-corrected chi connectivity index (χ4v) is 4.42. The first-order chi connectivity index (χ1) is 15.3. The summed E-state index contributed by atoms with van der Waals surface area (Å²) >= 11 is 5.98. The molecule has 0 N–H and O–H groups in total. The second-order valence-electron chi connectivity index (χ2n) is 7.41. The number of morpholine rings is 1. The molecule has 7 nitrogen and oxygen atoms in total. The van der Waals surface area contributed by atoms with Crippen LogP contribution in [0.3, 0.4) is 0 Å². The number of alkyl halides is 3. The Morgan fingerprint density at radius 2 is 1.97 bits per heavy atom. The highest BCUT2D eigenvalue weighted by molar-refractivity contribution is 6.34. The maximum absolute atomic E-state index is 14.3. The van der Waals surface area contributed by atoms with E-state index in [1.807, 2.05) is 0 Å². The third-order valence-electron chi connectivity index (χ3n) is 5.53. The van der Waals surface area contributed by atoms with Crippen molar-refractivity contribution in [3.05, 3.63) is 64.3 Å². The standard InChI is InChI=1S/C20H14ClF4N5O2/c21-15-11(3-1-4-12(15)20(23,24)25)19(31)30-10-7-29-17(14(30)9-32-8-10)27-28-18(29)16-13(22)5-2-6-26-16/h1-6,10,14H,7-9H2/t10-,14-/m1/s1. The SMILES string of the molecule is O=C(c1cccc(C(F)(F)F)c1Cl)N1[C@H]2COC[C@@H]1c1nnc(-c3ncccc3F)n1C2. The van der Waals surface area contributed by atoms with Gasteiger partial charge in [0, 0.05) is 12.7 Å². The number of fused-ring (bicyclic) bond motifs is 4. The molecule has 32 heavy (non-hydrogen) atoms. The van der Waals surface area contributed by atoms with Gasteiger partial charge in [-0.3, -0.25) is 4.79 Å². The molecule has 3 aromatic rings. The van der Waals surface area contributed by atoms with Crippen LogP contribution >= 0.6 is 11.6 Å². The minimum Gasteiger partial charge on any atom is -0.377 e. The molecule has 0 unspecified atom stereocenters. The monoisotopic (exact) mass is 467 g/mol. The molecule has 0 aliphatic carbocycles. The van der Waals surface area contributed by atoms with Crippen molar-refractivity contribution >= 4 is 17.5 Å². The Kier molecular flexibility index (Phi) is 4.90.